The number of fused-ring (bicyclic) bond motifs is 5. The van der Waals surface area contributed by atoms with E-state index in [-0.39, 0.29) is 0 Å². The van der Waals surface area contributed by atoms with Gasteiger partial charge in [-0.1, -0.05) is 6.42 Å². The van der Waals surface area contributed by atoms with E-state index >= 15 is 0 Å². The van der Waals surface area contributed by atoms with Gasteiger partial charge in [0.2, 0.25) is 0 Å². The molecule has 3 aliphatic rings. The second kappa shape index (κ2) is 4.98. The van der Waals surface area contributed by atoms with Crippen molar-refractivity contribution in [1.29, 1.82) is 0 Å². The highest BCUT2D eigenvalue weighted by Crippen LogP contribution is 2.59. The number of anilines is 1. The minimum absolute atomic E-state index is 0.720. The van der Waals surface area contributed by atoms with Gasteiger partial charge in [0.25, 0.3) is 0 Å². The van der Waals surface area contributed by atoms with Gasteiger partial charge in [0.05, 0.1) is 6.61 Å². The van der Waals surface area contributed by atoms with Crippen LogP contribution in [0, 0.1) is 23.7 Å². The number of ether oxygens (including phenoxy) is 1. The molecule has 20 heavy (non-hydrogen) atoms. The standard InChI is InChI=1S/C18H25NO/c1-2-20-14-8-6-13(7-9-14)19-18-11-12-10-17(18)16-5-3-4-15(12)16/h6-9,12,15-19H,2-5,10-11H2,1H3. The first-order chi connectivity index (χ1) is 9.85. The van der Waals surface area contributed by atoms with Gasteiger partial charge in [-0.05, 0) is 80.5 Å². The predicted molar refractivity (Wildman–Crippen MR) is 82.1 cm³/mol. The fourth-order valence-corrected chi connectivity index (χ4v) is 5.26. The topological polar surface area (TPSA) is 21.3 Å². The highest BCUT2D eigenvalue weighted by atomic mass is 16.5. The van der Waals surface area contributed by atoms with Crippen LogP contribution >= 0.6 is 0 Å². The maximum Gasteiger partial charge on any atom is 0.119 e. The van der Waals surface area contributed by atoms with Crippen molar-refractivity contribution in [2.24, 2.45) is 23.7 Å². The van der Waals surface area contributed by atoms with Crippen LogP contribution in [0.4, 0.5) is 5.69 Å². The molecule has 0 aromatic heterocycles. The van der Waals surface area contributed by atoms with Gasteiger partial charge in [0.15, 0.2) is 0 Å². The molecule has 0 amide bonds. The van der Waals surface area contributed by atoms with E-state index in [0.29, 0.717) is 0 Å². The Morgan fingerprint density at radius 2 is 1.85 bits per heavy atom. The highest BCUT2D eigenvalue weighted by Gasteiger charge is 2.53. The molecule has 0 aliphatic heterocycles. The Balaban J connectivity index is 1.42. The van der Waals surface area contributed by atoms with Crippen LogP contribution in [0.25, 0.3) is 0 Å². The Bertz CT molecular complexity index is 469. The van der Waals surface area contributed by atoms with Crippen molar-refractivity contribution in [3.8, 4) is 5.75 Å². The van der Waals surface area contributed by atoms with Crippen molar-refractivity contribution in [3.63, 3.8) is 0 Å². The van der Waals surface area contributed by atoms with Gasteiger partial charge in [-0.2, -0.15) is 0 Å². The highest BCUT2D eigenvalue weighted by molar-refractivity contribution is 5.47. The van der Waals surface area contributed by atoms with E-state index in [0.717, 1.165) is 42.1 Å². The predicted octanol–water partition coefficient (Wildman–Crippen LogP) is 4.32. The monoisotopic (exact) mass is 271 g/mol. The fourth-order valence-electron chi connectivity index (χ4n) is 5.26. The largest absolute Gasteiger partial charge is 0.494 e. The van der Waals surface area contributed by atoms with Crippen molar-refractivity contribution in [2.75, 3.05) is 11.9 Å². The second-order valence-corrected chi connectivity index (χ2v) is 6.86. The second-order valence-electron chi connectivity index (χ2n) is 6.86. The number of benzene rings is 1. The van der Waals surface area contributed by atoms with Gasteiger partial charge in [0.1, 0.15) is 5.75 Å². The summed E-state index contributed by atoms with van der Waals surface area (Å²) in [6.45, 7) is 2.77. The van der Waals surface area contributed by atoms with Gasteiger partial charge in [-0.25, -0.2) is 0 Å². The summed E-state index contributed by atoms with van der Waals surface area (Å²) >= 11 is 0. The molecule has 2 heteroatoms. The van der Waals surface area contributed by atoms with Crippen molar-refractivity contribution < 1.29 is 4.74 Å². The number of nitrogens with one attached hydrogen (secondary N) is 1. The normalized spacial score (nSPS) is 38.0. The van der Waals surface area contributed by atoms with Crippen LogP contribution < -0.4 is 10.1 Å². The maximum atomic E-state index is 5.51. The zero-order valence-electron chi connectivity index (χ0n) is 12.3. The van der Waals surface area contributed by atoms with E-state index in [9.17, 15) is 0 Å². The number of hydrogen-bond acceptors (Lipinski definition) is 2. The van der Waals surface area contributed by atoms with Crippen LogP contribution in [-0.2, 0) is 0 Å². The number of hydrogen-bond donors (Lipinski definition) is 1. The van der Waals surface area contributed by atoms with E-state index in [1.165, 1.54) is 37.8 Å². The molecule has 1 N–H and O–H groups in total. The lowest BCUT2D eigenvalue weighted by atomic mass is 9.79. The Morgan fingerprint density at radius 1 is 1.05 bits per heavy atom. The smallest absolute Gasteiger partial charge is 0.119 e. The molecule has 0 spiro atoms. The molecule has 5 unspecified atom stereocenters. The lowest BCUT2D eigenvalue weighted by molar-refractivity contribution is 0.243. The van der Waals surface area contributed by atoms with Gasteiger partial charge >= 0.3 is 0 Å². The van der Waals surface area contributed by atoms with Crippen LogP contribution in [0.5, 0.6) is 5.75 Å². The molecule has 0 saturated heterocycles. The Kier molecular flexibility index (Phi) is 3.13. The molecule has 1 aromatic carbocycles. The van der Waals surface area contributed by atoms with Gasteiger partial charge < -0.3 is 10.1 Å². The summed E-state index contributed by atoms with van der Waals surface area (Å²) in [5.74, 6) is 5.06. The van der Waals surface area contributed by atoms with Gasteiger partial charge in [-0.15, -0.1) is 0 Å². The third kappa shape index (κ3) is 2.01. The molecule has 1 aromatic rings. The van der Waals surface area contributed by atoms with Crippen molar-refractivity contribution in [1.82, 2.24) is 0 Å². The first-order valence-electron chi connectivity index (χ1n) is 8.34. The molecule has 2 bridgehead atoms. The Labute approximate surface area is 121 Å². The molecule has 5 atom stereocenters. The molecular formula is C18H25NO. The summed E-state index contributed by atoms with van der Waals surface area (Å²) in [6, 6.07) is 9.22. The fraction of sp³-hybridized carbons (Fsp3) is 0.667. The van der Waals surface area contributed by atoms with E-state index in [2.05, 4.69) is 29.6 Å². The molecule has 3 aliphatic carbocycles. The van der Waals surface area contributed by atoms with E-state index in [1.54, 1.807) is 0 Å². The Hall–Kier alpha value is -1.18. The third-order valence-corrected chi connectivity index (χ3v) is 5.95. The van der Waals surface area contributed by atoms with Crippen LogP contribution in [0.15, 0.2) is 24.3 Å². The zero-order valence-corrected chi connectivity index (χ0v) is 12.3. The lowest BCUT2D eigenvalue weighted by Crippen LogP contribution is -2.33. The van der Waals surface area contributed by atoms with Crippen molar-refractivity contribution in [3.05, 3.63) is 24.3 Å². The van der Waals surface area contributed by atoms with E-state index in [4.69, 9.17) is 4.74 Å². The molecule has 4 rings (SSSR count). The number of rotatable bonds is 4. The van der Waals surface area contributed by atoms with Crippen molar-refractivity contribution >= 4 is 5.69 Å². The van der Waals surface area contributed by atoms with E-state index < -0.39 is 0 Å². The summed E-state index contributed by atoms with van der Waals surface area (Å²) < 4.78 is 5.51. The van der Waals surface area contributed by atoms with Gasteiger partial charge in [0, 0.05) is 11.7 Å². The molecule has 108 valence electrons. The summed E-state index contributed by atoms with van der Waals surface area (Å²) in [7, 11) is 0. The molecular weight excluding hydrogens is 246 g/mol. The minimum atomic E-state index is 0.720. The first kappa shape index (κ1) is 12.6. The van der Waals surface area contributed by atoms with Crippen LogP contribution in [0.1, 0.15) is 39.0 Å². The molecule has 0 heterocycles. The average Bonchev–Trinajstić information content (AvgIpc) is 3.13. The van der Waals surface area contributed by atoms with Crippen LogP contribution in [0.3, 0.4) is 0 Å². The zero-order chi connectivity index (χ0) is 13.5. The molecule has 3 saturated carbocycles. The quantitative estimate of drug-likeness (QED) is 0.880. The summed E-state index contributed by atoms with van der Waals surface area (Å²) in [4.78, 5) is 0. The summed E-state index contributed by atoms with van der Waals surface area (Å²) in [5, 5.41) is 3.80. The maximum absolute atomic E-state index is 5.51. The molecule has 3 fully saturated rings. The molecule has 0 radical (unpaired) electrons. The van der Waals surface area contributed by atoms with Gasteiger partial charge in [-0.3, -0.25) is 0 Å². The van der Waals surface area contributed by atoms with E-state index in [1.807, 2.05) is 6.92 Å². The third-order valence-electron chi connectivity index (χ3n) is 5.95. The average molecular weight is 271 g/mol. The summed E-state index contributed by atoms with van der Waals surface area (Å²) in [5.41, 5.74) is 1.26. The van der Waals surface area contributed by atoms with Crippen LogP contribution in [0.2, 0.25) is 0 Å². The van der Waals surface area contributed by atoms with Crippen molar-refractivity contribution in [2.45, 2.75) is 45.1 Å². The lowest BCUT2D eigenvalue weighted by Gasteiger charge is -2.32. The SMILES string of the molecule is CCOc1ccc(NC2CC3CC2C2CCCC32)cc1. The first-order valence-corrected chi connectivity index (χ1v) is 8.34. The minimum Gasteiger partial charge on any atom is -0.494 e. The summed E-state index contributed by atoms with van der Waals surface area (Å²) in [6.07, 6.45) is 7.38. The van der Waals surface area contributed by atoms with Crippen LogP contribution in [-0.4, -0.2) is 12.6 Å². The molecule has 2 nitrogen and oxygen atoms in total. The Morgan fingerprint density at radius 3 is 2.65 bits per heavy atom.